The molecule has 0 aromatic heterocycles. The standard InChI is InChI=1S/C27H37F3O5S/c1-8-21(22-12-14-23(19(3)16-22)34-17-26(7,31)25(4,5)6)11-9-20-10-13-24(18(2)15-20)35-36(32,33)27(28,29)30/h10,12-16,21,31H,8-9,11,17H2,1-7H3. The van der Waals surface area contributed by atoms with Gasteiger partial charge in [-0.15, -0.1) is 0 Å². The van der Waals surface area contributed by atoms with Gasteiger partial charge in [-0.1, -0.05) is 52.0 Å². The van der Waals surface area contributed by atoms with Gasteiger partial charge in [-0.3, -0.25) is 0 Å². The van der Waals surface area contributed by atoms with E-state index in [1.165, 1.54) is 13.0 Å². The monoisotopic (exact) mass is 530 g/mol. The fourth-order valence-corrected chi connectivity index (χ4v) is 4.11. The maximum Gasteiger partial charge on any atom is 0.534 e. The number of aryl methyl sites for hydroxylation is 3. The quantitative estimate of drug-likeness (QED) is 0.269. The molecular weight excluding hydrogens is 493 g/mol. The number of hydrogen-bond donors (Lipinski definition) is 1. The molecule has 0 aliphatic carbocycles. The number of rotatable bonds is 10. The zero-order valence-electron chi connectivity index (χ0n) is 22.0. The summed E-state index contributed by atoms with van der Waals surface area (Å²) in [6.45, 7) is 13.4. The summed E-state index contributed by atoms with van der Waals surface area (Å²) in [5, 5.41) is 10.7. The van der Waals surface area contributed by atoms with Crippen LogP contribution >= 0.6 is 0 Å². The first-order valence-electron chi connectivity index (χ1n) is 11.9. The smallest absolute Gasteiger partial charge is 0.490 e. The molecule has 0 heterocycles. The summed E-state index contributed by atoms with van der Waals surface area (Å²) in [4.78, 5) is 0. The van der Waals surface area contributed by atoms with E-state index in [1.54, 1.807) is 19.1 Å². The minimum atomic E-state index is -5.70. The van der Waals surface area contributed by atoms with Crippen LogP contribution in [-0.4, -0.2) is 31.2 Å². The Kier molecular flexibility index (Phi) is 9.16. The van der Waals surface area contributed by atoms with E-state index in [-0.39, 0.29) is 23.7 Å². The fourth-order valence-electron chi connectivity index (χ4n) is 3.60. The van der Waals surface area contributed by atoms with Gasteiger partial charge in [0.2, 0.25) is 0 Å². The summed E-state index contributed by atoms with van der Waals surface area (Å²) in [7, 11) is -5.70. The largest absolute Gasteiger partial charge is 0.534 e. The Balaban J connectivity index is 2.07. The molecule has 1 N–H and O–H groups in total. The maximum atomic E-state index is 12.6. The van der Waals surface area contributed by atoms with E-state index in [0.717, 1.165) is 35.3 Å². The molecule has 2 aromatic rings. The van der Waals surface area contributed by atoms with Gasteiger partial charge in [0.15, 0.2) is 0 Å². The first-order chi connectivity index (χ1) is 16.4. The van der Waals surface area contributed by atoms with Crippen LogP contribution in [0.5, 0.6) is 11.5 Å². The van der Waals surface area contributed by atoms with Gasteiger partial charge in [-0.05, 0) is 85.8 Å². The van der Waals surface area contributed by atoms with Crippen LogP contribution in [0.15, 0.2) is 36.4 Å². The number of alkyl halides is 3. The Morgan fingerprint density at radius 3 is 2.03 bits per heavy atom. The van der Waals surface area contributed by atoms with E-state index in [4.69, 9.17) is 4.74 Å². The van der Waals surface area contributed by atoms with Gasteiger partial charge >= 0.3 is 15.6 Å². The molecule has 0 saturated carbocycles. The topological polar surface area (TPSA) is 72.8 Å². The maximum absolute atomic E-state index is 12.6. The Morgan fingerprint density at radius 1 is 0.944 bits per heavy atom. The third-order valence-corrected chi connectivity index (χ3v) is 7.76. The Morgan fingerprint density at radius 2 is 1.53 bits per heavy atom. The summed E-state index contributed by atoms with van der Waals surface area (Å²) >= 11 is 0. The third kappa shape index (κ3) is 7.38. The van der Waals surface area contributed by atoms with Crippen LogP contribution in [-0.2, 0) is 16.5 Å². The zero-order chi connectivity index (χ0) is 27.5. The highest BCUT2D eigenvalue weighted by Crippen LogP contribution is 2.34. The van der Waals surface area contributed by atoms with E-state index >= 15 is 0 Å². The molecule has 0 aliphatic heterocycles. The van der Waals surface area contributed by atoms with Gasteiger partial charge in [-0.2, -0.15) is 21.6 Å². The van der Waals surface area contributed by atoms with E-state index in [9.17, 15) is 26.7 Å². The second-order valence-electron chi connectivity index (χ2n) is 10.6. The van der Waals surface area contributed by atoms with E-state index in [0.29, 0.717) is 12.0 Å². The molecular formula is C27H37F3O5S. The Labute approximate surface area is 212 Å². The first kappa shape index (κ1) is 30.0. The lowest BCUT2D eigenvalue weighted by atomic mass is 9.78. The number of benzene rings is 2. The van der Waals surface area contributed by atoms with Crippen LogP contribution in [0.2, 0.25) is 0 Å². The molecule has 202 valence electrons. The predicted octanol–water partition coefficient (Wildman–Crippen LogP) is 6.83. The van der Waals surface area contributed by atoms with Gasteiger partial charge in [0.1, 0.15) is 23.7 Å². The van der Waals surface area contributed by atoms with Crippen LogP contribution in [0, 0.1) is 19.3 Å². The summed E-state index contributed by atoms with van der Waals surface area (Å²) in [6, 6.07) is 10.5. The Hall–Kier alpha value is -2.26. The summed E-state index contributed by atoms with van der Waals surface area (Å²) in [5.41, 5.74) is -3.48. The second-order valence-corrected chi connectivity index (χ2v) is 12.1. The van der Waals surface area contributed by atoms with Crippen molar-refractivity contribution in [3.8, 4) is 11.5 Å². The van der Waals surface area contributed by atoms with Crippen molar-refractivity contribution in [3.63, 3.8) is 0 Å². The van der Waals surface area contributed by atoms with Crippen molar-refractivity contribution >= 4 is 10.1 Å². The average Bonchev–Trinajstić information content (AvgIpc) is 2.73. The number of aliphatic hydroxyl groups is 1. The number of hydrogen-bond acceptors (Lipinski definition) is 5. The lowest BCUT2D eigenvalue weighted by Gasteiger charge is -2.36. The van der Waals surface area contributed by atoms with Crippen LogP contribution in [0.1, 0.15) is 75.6 Å². The van der Waals surface area contributed by atoms with E-state index < -0.39 is 21.2 Å². The highest BCUT2D eigenvalue weighted by Gasteiger charge is 2.48. The molecule has 0 spiro atoms. The minimum Gasteiger partial charge on any atom is -0.490 e. The lowest BCUT2D eigenvalue weighted by molar-refractivity contribution is -0.0725. The zero-order valence-corrected chi connectivity index (χ0v) is 22.8. The van der Waals surface area contributed by atoms with Crippen molar-refractivity contribution in [2.45, 2.75) is 84.8 Å². The van der Waals surface area contributed by atoms with Crippen molar-refractivity contribution in [1.29, 1.82) is 0 Å². The fraction of sp³-hybridized carbons (Fsp3) is 0.556. The molecule has 9 heteroatoms. The van der Waals surface area contributed by atoms with E-state index in [2.05, 4.69) is 17.2 Å². The molecule has 2 unspecified atom stereocenters. The average molecular weight is 531 g/mol. The molecule has 36 heavy (non-hydrogen) atoms. The summed E-state index contributed by atoms with van der Waals surface area (Å²) in [5.74, 6) is 0.634. The Bertz CT molecular complexity index is 1150. The van der Waals surface area contributed by atoms with Crippen LogP contribution < -0.4 is 8.92 Å². The predicted molar refractivity (Wildman–Crippen MR) is 135 cm³/mol. The lowest BCUT2D eigenvalue weighted by Crippen LogP contribution is -2.45. The molecule has 0 radical (unpaired) electrons. The van der Waals surface area contributed by atoms with E-state index in [1.807, 2.05) is 39.8 Å². The van der Waals surface area contributed by atoms with Crippen molar-refractivity contribution in [2.75, 3.05) is 6.61 Å². The molecule has 5 nitrogen and oxygen atoms in total. The second kappa shape index (κ2) is 11.0. The molecule has 0 aliphatic rings. The van der Waals surface area contributed by atoms with Crippen LogP contribution in [0.25, 0.3) is 0 Å². The van der Waals surface area contributed by atoms with Crippen molar-refractivity contribution in [2.24, 2.45) is 5.41 Å². The molecule has 0 saturated heterocycles. The molecule has 0 amide bonds. The molecule has 0 fully saturated rings. The van der Waals surface area contributed by atoms with Gasteiger partial charge in [0, 0.05) is 0 Å². The molecule has 2 atom stereocenters. The third-order valence-electron chi connectivity index (χ3n) is 6.79. The summed E-state index contributed by atoms with van der Waals surface area (Å²) < 4.78 is 70.6. The molecule has 2 rings (SSSR count). The number of ether oxygens (including phenoxy) is 1. The van der Waals surface area contributed by atoms with Gasteiger partial charge in [0.05, 0.1) is 0 Å². The van der Waals surface area contributed by atoms with Gasteiger partial charge in [0.25, 0.3) is 0 Å². The summed E-state index contributed by atoms with van der Waals surface area (Å²) in [6.07, 6.45) is 2.36. The van der Waals surface area contributed by atoms with Crippen molar-refractivity contribution in [3.05, 3.63) is 58.7 Å². The minimum absolute atomic E-state index is 0.178. The van der Waals surface area contributed by atoms with Gasteiger partial charge in [-0.25, -0.2) is 0 Å². The highest BCUT2D eigenvalue weighted by molar-refractivity contribution is 7.88. The number of halogens is 3. The van der Waals surface area contributed by atoms with Gasteiger partial charge < -0.3 is 14.0 Å². The molecule has 0 bridgehead atoms. The normalized spacial score (nSPS) is 15.3. The SMILES string of the molecule is CCC(CCc1ccc(OS(=O)(=O)C(F)(F)F)c(C)c1)c1ccc(OCC(C)(O)C(C)(C)C)c(C)c1. The first-order valence-corrected chi connectivity index (χ1v) is 13.3. The molecule has 2 aromatic carbocycles. The van der Waals surface area contributed by atoms with Crippen LogP contribution in [0.3, 0.4) is 0 Å². The highest BCUT2D eigenvalue weighted by atomic mass is 32.2. The van der Waals surface area contributed by atoms with Crippen molar-refractivity contribution < 1.29 is 35.6 Å². The van der Waals surface area contributed by atoms with Crippen LogP contribution in [0.4, 0.5) is 13.2 Å². The van der Waals surface area contributed by atoms with Crippen molar-refractivity contribution in [1.82, 2.24) is 0 Å².